The first-order valence-electron chi connectivity index (χ1n) is 10.9. The maximum Gasteiger partial charge on any atom is 0.199 e. The summed E-state index contributed by atoms with van der Waals surface area (Å²) in [6.07, 6.45) is 3.52. The van der Waals surface area contributed by atoms with Crippen LogP contribution in [0.25, 0.3) is 33.8 Å². The lowest BCUT2D eigenvalue weighted by Crippen LogP contribution is -2.05. The highest BCUT2D eigenvalue weighted by Gasteiger charge is 2.19. The molecule has 5 aromatic rings. The van der Waals surface area contributed by atoms with E-state index in [9.17, 15) is 0 Å². The molecule has 0 radical (unpaired) electrons. The number of hydrogen-bond donors (Lipinski definition) is 4. The number of pyridine rings is 1. The van der Waals surface area contributed by atoms with E-state index in [1.165, 1.54) is 0 Å². The van der Waals surface area contributed by atoms with Crippen LogP contribution in [0, 0.1) is 0 Å². The van der Waals surface area contributed by atoms with Gasteiger partial charge in [0, 0.05) is 23.5 Å². The summed E-state index contributed by atoms with van der Waals surface area (Å²) in [7, 11) is 0. The number of rotatable bonds is 9. The van der Waals surface area contributed by atoms with E-state index in [1.54, 1.807) is 6.20 Å². The molecule has 0 bridgehead atoms. The predicted octanol–water partition coefficient (Wildman–Crippen LogP) is 4.11. The van der Waals surface area contributed by atoms with Crippen molar-refractivity contribution in [2.45, 2.75) is 12.8 Å². The number of aromatic amines is 1. The van der Waals surface area contributed by atoms with Crippen LogP contribution < -0.4 is 21.5 Å². The van der Waals surface area contributed by atoms with Crippen molar-refractivity contribution in [1.29, 1.82) is 0 Å². The summed E-state index contributed by atoms with van der Waals surface area (Å²) >= 11 is 0. The molecule has 6 N–H and O–H groups in total. The maximum absolute atomic E-state index is 6.07. The molecular weight excluding hydrogens is 432 g/mol. The Labute approximate surface area is 195 Å². The van der Waals surface area contributed by atoms with Crippen molar-refractivity contribution in [1.82, 2.24) is 25.3 Å². The van der Waals surface area contributed by atoms with E-state index < -0.39 is 0 Å². The van der Waals surface area contributed by atoms with Crippen LogP contribution in [0.15, 0.2) is 65.4 Å². The fourth-order valence-electron chi connectivity index (χ4n) is 3.60. The summed E-state index contributed by atoms with van der Waals surface area (Å²) in [4.78, 5) is 12.6. The second kappa shape index (κ2) is 9.49. The molecule has 3 heterocycles. The molecule has 0 saturated heterocycles. The second-order valence-corrected chi connectivity index (χ2v) is 7.75. The van der Waals surface area contributed by atoms with Crippen molar-refractivity contribution in [3.8, 4) is 28.5 Å². The van der Waals surface area contributed by atoms with Gasteiger partial charge in [0.05, 0.1) is 18.5 Å². The maximum atomic E-state index is 6.07. The van der Waals surface area contributed by atoms with E-state index in [0.29, 0.717) is 34.9 Å². The van der Waals surface area contributed by atoms with Gasteiger partial charge in [0.15, 0.2) is 23.1 Å². The highest BCUT2D eigenvalue weighted by Crippen LogP contribution is 2.33. The third-order valence-electron chi connectivity index (χ3n) is 5.34. The molecule has 10 heteroatoms. The minimum absolute atomic E-state index is 0.157. The average molecular weight is 457 g/mol. The highest BCUT2D eigenvalue weighted by molar-refractivity contribution is 5.95. The van der Waals surface area contributed by atoms with Crippen molar-refractivity contribution in [3.63, 3.8) is 0 Å². The minimum Gasteiger partial charge on any atom is -0.490 e. The van der Waals surface area contributed by atoms with Crippen molar-refractivity contribution in [3.05, 3.63) is 60.8 Å². The van der Waals surface area contributed by atoms with Crippen LogP contribution in [-0.4, -0.2) is 38.4 Å². The van der Waals surface area contributed by atoms with Crippen LogP contribution in [0.5, 0.6) is 5.75 Å². The van der Waals surface area contributed by atoms with Crippen LogP contribution >= 0.6 is 0 Å². The van der Waals surface area contributed by atoms with Gasteiger partial charge in [-0.2, -0.15) is 0 Å². The zero-order valence-corrected chi connectivity index (χ0v) is 18.4. The molecule has 34 heavy (non-hydrogen) atoms. The van der Waals surface area contributed by atoms with E-state index in [0.717, 1.165) is 42.0 Å². The zero-order valence-electron chi connectivity index (χ0n) is 18.4. The smallest absolute Gasteiger partial charge is 0.199 e. The summed E-state index contributed by atoms with van der Waals surface area (Å²) in [6, 6.07) is 17.5. The Hall–Kier alpha value is -4.60. The van der Waals surface area contributed by atoms with Crippen LogP contribution in [-0.2, 0) is 0 Å². The second-order valence-electron chi connectivity index (χ2n) is 7.75. The van der Waals surface area contributed by atoms with Gasteiger partial charge in [0.25, 0.3) is 0 Å². The van der Waals surface area contributed by atoms with Crippen LogP contribution in [0.4, 0.5) is 17.2 Å². The number of unbranched alkanes of at least 4 members (excludes halogenated alkanes) is 1. The van der Waals surface area contributed by atoms with Gasteiger partial charge in [-0.3, -0.25) is 0 Å². The lowest BCUT2D eigenvalue weighted by molar-refractivity contribution is 0.310. The molecule has 3 aromatic heterocycles. The van der Waals surface area contributed by atoms with Gasteiger partial charge < -0.3 is 26.5 Å². The first-order valence-corrected chi connectivity index (χ1v) is 10.9. The molecule has 0 fully saturated rings. The molecule has 2 aromatic carbocycles. The Morgan fingerprint density at radius 2 is 1.76 bits per heavy atom. The molecule has 0 unspecified atom stereocenters. The van der Waals surface area contributed by atoms with Crippen molar-refractivity contribution in [2.75, 3.05) is 29.9 Å². The number of nitrogens with one attached hydrogen (secondary N) is 2. The van der Waals surface area contributed by atoms with Crippen LogP contribution in [0.2, 0.25) is 0 Å². The lowest BCUT2D eigenvalue weighted by atomic mass is 10.1. The summed E-state index contributed by atoms with van der Waals surface area (Å²) in [5.74, 6) is 1.20. The number of aromatic nitrogens is 5. The first kappa shape index (κ1) is 21.3. The SMILES string of the molecule is Nc1ccc(NCCCCOc2cnc(-c3ccccc3)c3nc(-c4nonc4N)[nH]c23)cc1. The largest absolute Gasteiger partial charge is 0.490 e. The molecule has 0 spiro atoms. The summed E-state index contributed by atoms with van der Waals surface area (Å²) in [6.45, 7) is 1.37. The number of nitrogens with zero attached hydrogens (tertiary/aromatic N) is 4. The molecular formula is C24H24N8O2. The number of nitrogens with two attached hydrogens (primary N) is 2. The number of nitrogen functional groups attached to an aromatic ring is 2. The topological polar surface area (TPSA) is 154 Å². The number of fused-ring (bicyclic) bond motifs is 1. The Bertz CT molecular complexity index is 1380. The van der Waals surface area contributed by atoms with Gasteiger partial charge >= 0.3 is 0 Å². The third kappa shape index (κ3) is 4.46. The standard InChI is InChI=1S/C24H24N8O2/c25-16-8-10-17(11-9-16)27-12-4-5-13-33-18-14-28-19(15-6-2-1-3-7-15)21-20(18)29-24(30-21)22-23(26)32-34-31-22/h1-3,6-11,14,27H,4-5,12-13,25H2,(H2,26,32)(H,29,30). The van der Waals surface area contributed by atoms with Crippen molar-refractivity contribution >= 4 is 28.2 Å². The summed E-state index contributed by atoms with van der Waals surface area (Å²) < 4.78 is 10.8. The van der Waals surface area contributed by atoms with Crippen molar-refractivity contribution in [2.24, 2.45) is 0 Å². The van der Waals surface area contributed by atoms with E-state index in [-0.39, 0.29) is 5.82 Å². The Morgan fingerprint density at radius 3 is 2.53 bits per heavy atom. The molecule has 172 valence electrons. The molecule has 0 aliphatic rings. The number of anilines is 3. The number of benzene rings is 2. The van der Waals surface area contributed by atoms with Gasteiger partial charge in [-0.25, -0.2) is 14.6 Å². The van der Waals surface area contributed by atoms with Gasteiger partial charge in [-0.15, -0.1) is 0 Å². The Morgan fingerprint density at radius 1 is 0.941 bits per heavy atom. The molecule has 0 amide bonds. The van der Waals surface area contributed by atoms with Gasteiger partial charge in [-0.05, 0) is 47.4 Å². The molecule has 0 saturated carbocycles. The average Bonchev–Trinajstić information content (AvgIpc) is 3.49. The van der Waals surface area contributed by atoms with E-state index in [1.807, 2.05) is 54.6 Å². The minimum atomic E-state index is 0.157. The first-order chi connectivity index (χ1) is 16.7. The third-order valence-corrected chi connectivity index (χ3v) is 5.34. The monoisotopic (exact) mass is 456 g/mol. The Kier molecular flexibility index (Phi) is 5.93. The number of imidazole rings is 1. The van der Waals surface area contributed by atoms with Gasteiger partial charge in [0.1, 0.15) is 11.0 Å². The quantitative estimate of drug-likeness (QED) is 0.189. The van der Waals surface area contributed by atoms with E-state index in [4.69, 9.17) is 25.8 Å². The normalized spacial score (nSPS) is 11.1. The lowest BCUT2D eigenvalue weighted by Gasteiger charge is -2.10. The molecule has 0 aliphatic heterocycles. The highest BCUT2D eigenvalue weighted by atomic mass is 16.6. The zero-order chi connectivity index (χ0) is 23.3. The summed E-state index contributed by atoms with van der Waals surface area (Å²) in [5, 5.41) is 10.9. The van der Waals surface area contributed by atoms with Crippen molar-refractivity contribution < 1.29 is 9.37 Å². The summed E-state index contributed by atoms with van der Waals surface area (Å²) in [5.41, 5.74) is 16.8. The molecule has 0 atom stereocenters. The van der Waals surface area contributed by atoms with Crippen LogP contribution in [0.1, 0.15) is 12.8 Å². The Balaban J connectivity index is 1.31. The molecule has 0 aliphatic carbocycles. The number of ether oxygens (including phenoxy) is 1. The number of hydrogen-bond acceptors (Lipinski definition) is 9. The fourth-order valence-corrected chi connectivity index (χ4v) is 3.60. The van der Waals surface area contributed by atoms with Gasteiger partial charge in [0.2, 0.25) is 0 Å². The van der Waals surface area contributed by atoms with Gasteiger partial charge in [-0.1, -0.05) is 30.3 Å². The number of H-pyrrole nitrogens is 1. The van der Waals surface area contributed by atoms with E-state index >= 15 is 0 Å². The fraction of sp³-hybridized carbons (Fsp3) is 0.167. The van der Waals surface area contributed by atoms with E-state index in [2.05, 4.69) is 25.6 Å². The molecule has 10 nitrogen and oxygen atoms in total. The molecule has 5 rings (SSSR count). The predicted molar refractivity (Wildman–Crippen MR) is 131 cm³/mol. The van der Waals surface area contributed by atoms with Crippen LogP contribution in [0.3, 0.4) is 0 Å².